The minimum atomic E-state index is 0. The lowest BCUT2D eigenvalue weighted by Crippen LogP contribution is -2.43. The van der Waals surface area contributed by atoms with Crippen LogP contribution in [0.4, 0.5) is 0 Å². The average Bonchev–Trinajstić information content (AvgIpc) is 3.04. The van der Waals surface area contributed by atoms with E-state index in [1.807, 2.05) is 0 Å². The molecule has 3 aliphatic rings. The Morgan fingerprint density at radius 2 is 1.59 bits per heavy atom. The molecule has 1 N–H and O–H groups in total. The molecule has 3 aliphatic carbocycles. The topological polar surface area (TPSA) is 12.0 Å². The molecule has 1 nitrogen and oxygen atoms in total. The number of nitrogens with one attached hydrogen (secondary N) is 1. The summed E-state index contributed by atoms with van der Waals surface area (Å²) in [5.41, 5.74) is 0.862. The maximum absolute atomic E-state index is 3.75. The summed E-state index contributed by atoms with van der Waals surface area (Å²) in [4.78, 5) is 0. The van der Waals surface area contributed by atoms with E-state index >= 15 is 0 Å². The zero-order valence-corrected chi connectivity index (χ0v) is 12.1. The van der Waals surface area contributed by atoms with Crippen molar-refractivity contribution >= 4 is 12.4 Å². The van der Waals surface area contributed by atoms with Gasteiger partial charge >= 0.3 is 0 Å². The van der Waals surface area contributed by atoms with Gasteiger partial charge in [0.15, 0.2) is 0 Å². The standard InChI is InChI=1S/C15H25N.ClH/c1-14(2,3)16-13-8-9-15(10-13,11-4-5-11)12-6-7-12;/h8-9,11-13,16H,4-7,10H2,1-3H3;1H. The Bertz CT molecular complexity index is 295. The molecule has 0 aromatic carbocycles. The molecule has 98 valence electrons. The van der Waals surface area contributed by atoms with Crippen LogP contribution in [0.25, 0.3) is 0 Å². The van der Waals surface area contributed by atoms with Crippen LogP contribution in [0, 0.1) is 17.3 Å². The van der Waals surface area contributed by atoms with Crippen molar-refractivity contribution in [3.05, 3.63) is 12.2 Å². The highest BCUT2D eigenvalue weighted by molar-refractivity contribution is 5.85. The van der Waals surface area contributed by atoms with Gasteiger partial charge < -0.3 is 5.32 Å². The van der Waals surface area contributed by atoms with Gasteiger partial charge in [0.25, 0.3) is 0 Å². The number of allylic oxidation sites excluding steroid dienone is 1. The minimum Gasteiger partial charge on any atom is -0.306 e. The van der Waals surface area contributed by atoms with Crippen LogP contribution in [0.2, 0.25) is 0 Å². The molecule has 17 heavy (non-hydrogen) atoms. The normalized spacial score (nSPS) is 31.4. The molecular formula is C15H26ClN. The molecule has 1 atom stereocenters. The molecule has 2 heteroatoms. The zero-order valence-electron chi connectivity index (χ0n) is 11.3. The summed E-state index contributed by atoms with van der Waals surface area (Å²) in [5, 5.41) is 3.75. The summed E-state index contributed by atoms with van der Waals surface area (Å²) >= 11 is 0. The quantitative estimate of drug-likeness (QED) is 0.754. The summed E-state index contributed by atoms with van der Waals surface area (Å²) in [6.45, 7) is 6.82. The Morgan fingerprint density at radius 1 is 1.06 bits per heavy atom. The Balaban J connectivity index is 0.00000108. The molecule has 0 spiro atoms. The fourth-order valence-electron chi connectivity index (χ4n) is 3.65. The van der Waals surface area contributed by atoms with Crippen molar-refractivity contribution in [2.75, 3.05) is 0 Å². The largest absolute Gasteiger partial charge is 0.306 e. The number of hydrogen-bond donors (Lipinski definition) is 1. The van der Waals surface area contributed by atoms with Gasteiger partial charge in [0.2, 0.25) is 0 Å². The summed E-state index contributed by atoms with van der Waals surface area (Å²) in [7, 11) is 0. The Hall–Kier alpha value is -0.0100. The van der Waals surface area contributed by atoms with Gasteiger partial charge in [-0.15, -0.1) is 12.4 Å². The third-order valence-corrected chi connectivity index (χ3v) is 4.51. The highest BCUT2D eigenvalue weighted by Gasteiger charge is 2.54. The molecule has 0 amide bonds. The smallest absolute Gasteiger partial charge is 0.0263 e. The van der Waals surface area contributed by atoms with Crippen molar-refractivity contribution in [2.24, 2.45) is 17.3 Å². The summed E-state index contributed by atoms with van der Waals surface area (Å²) in [5.74, 6) is 2.06. The van der Waals surface area contributed by atoms with Crippen LogP contribution in [-0.4, -0.2) is 11.6 Å². The lowest BCUT2D eigenvalue weighted by atomic mass is 9.76. The Morgan fingerprint density at radius 3 is 2.00 bits per heavy atom. The van der Waals surface area contributed by atoms with Crippen molar-refractivity contribution in [2.45, 2.75) is 64.5 Å². The lowest BCUT2D eigenvalue weighted by molar-refractivity contribution is 0.238. The second kappa shape index (κ2) is 4.28. The van der Waals surface area contributed by atoms with Gasteiger partial charge in [-0.1, -0.05) is 12.2 Å². The van der Waals surface area contributed by atoms with Gasteiger partial charge in [0, 0.05) is 11.6 Å². The fraction of sp³-hybridized carbons (Fsp3) is 0.867. The van der Waals surface area contributed by atoms with Gasteiger partial charge in [-0.25, -0.2) is 0 Å². The number of halogens is 1. The van der Waals surface area contributed by atoms with E-state index in [0.717, 1.165) is 11.8 Å². The van der Waals surface area contributed by atoms with E-state index in [1.165, 1.54) is 32.1 Å². The molecular weight excluding hydrogens is 230 g/mol. The van der Waals surface area contributed by atoms with Gasteiger partial charge in [-0.05, 0) is 70.1 Å². The van der Waals surface area contributed by atoms with Gasteiger partial charge in [0.05, 0.1) is 0 Å². The van der Waals surface area contributed by atoms with Crippen molar-refractivity contribution < 1.29 is 0 Å². The van der Waals surface area contributed by atoms with Crippen LogP contribution in [0.5, 0.6) is 0 Å². The van der Waals surface area contributed by atoms with Crippen molar-refractivity contribution in [3.63, 3.8) is 0 Å². The molecule has 0 saturated heterocycles. The molecule has 2 saturated carbocycles. The number of hydrogen-bond acceptors (Lipinski definition) is 1. The van der Waals surface area contributed by atoms with E-state index in [4.69, 9.17) is 0 Å². The Labute approximate surface area is 112 Å². The minimum absolute atomic E-state index is 0. The van der Waals surface area contributed by atoms with Crippen LogP contribution in [-0.2, 0) is 0 Å². The summed E-state index contributed by atoms with van der Waals surface area (Å²) < 4.78 is 0. The highest BCUT2D eigenvalue weighted by atomic mass is 35.5. The molecule has 0 aromatic heterocycles. The van der Waals surface area contributed by atoms with Crippen LogP contribution < -0.4 is 5.32 Å². The van der Waals surface area contributed by atoms with Crippen molar-refractivity contribution in [1.82, 2.24) is 5.32 Å². The van der Waals surface area contributed by atoms with E-state index in [-0.39, 0.29) is 17.9 Å². The molecule has 0 heterocycles. The van der Waals surface area contributed by atoms with E-state index in [9.17, 15) is 0 Å². The molecule has 3 rings (SSSR count). The van der Waals surface area contributed by atoms with Gasteiger partial charge in [-0.2, -0.15) is 0 Å². The third kappa shape index (κ3) is 2.71. The van der Waals surface area contributed by atoms with Crippen LogP contribution in [0.3, 0.4) is 0 Å². The molecule has 2 fully saturated rings. The molecule has 0 aromatic rings. The van der Waals surface area contributed by atoms with Crippen molar-refractivity contribution in [3.8, 4) is 0 Å². The maximum atomic E-state index is 3.75. The van der Waals surface area contributed by atoms with E-state index in [2.05, 4.69) is 38.2 Å². The van der Waals surface area contributed by atoms with Gasteiger partial charge in [-0.3, -0.25) is 0 Å². The molecule has 1 unspecified atom stereocenters. The third-order valence-electron chi connectivity index (χ3n) is 4.51. The molecule has 0 bridgehead atoms. The van der Waals surface area contributed by atoms with Gasteiger partial charge in [0.1, 0.15) is 0 Å². The summed E-state index contributed by atoms with van der Waals surface area (Å²) in [6.07, 6.45) is 12.4. The highest BCUT2D eigenvalue weighted by Crippen LogP contribution is 2.62. The molecule has 0 radical (unpaired) electrons. The first kappa shape index (κ1) is 13.4. The first-order valence-corrected chi connectivity index (χ1v) is 6.97. The van der Waals surface area contributed by atoms with Crippen LogP contribution in [0.15, 0.2) is 12.2 Å². The Kier molecular flexibility index (Phi) is 3.38. The first-order valence-electron chi connectivity index (χ1n) is 6.97. The summed E-state index contributed by atoms with van der Waals surface area (Å²) in [6, 6.07) is 0.626. The predicted molar refractivity (Wildman–Crippen MR) is 75.6 cm³/mol. The van der Waals surface area contributed by atoms with E-state index in [1.54, 1.807) is 0 Å². The number of rotatable bonds is 3. The van der Waals surface area contributed by atoms with Crippen LogP contribution >= 0.6 is 12.4 Å². The first-order chi connectivity index (χ1) is 7.50. The van der Waals surface area contributed by atoms with Crippen LogP contribution in [0.1, 0.15) is 52.9 Å². The monoisotopic (exact) mass is 255 g/mol. The fourth-order valence-corrected chi connectivity index (χ4v) is 3.65. The SMILES string of the molecule is CC(C)(C)NC1C=CC(C2CC2)(C2CC2)C1.Cl. The lowest BCUT2D eigenvalue weighted by Gasteiger charge is -2.32. The molecule has 0 aliphatic heterocycles. The average molecular weight is 256 g/mol. The van der Waals surface area contributed by atoms with E-state index < -0.39 is 0 Å². The van der Waals surface area contributed by atoms with Crippen molar-refractivity contribution in [1.29, 1.82) is 0 Å². The maximum Gasteiger partial charge on any atom is 0.0263 e. The second-order valence-electron chi connectivity index (χ2n) is 7.22. The van der Waals surface area contributed by atoms with E-state index in [0.29, 0.717) is 11.5 Å². The predicted octanol–water partition coefficient (Wildman–Crippen LogP) is 3.93. The zero-order chi connectivity index (χ0) is 11.4. The second-order valence-corrected chi connectivity index (χ2v) is 7.22.